The summed E-state index contributed by atoms with van der Waals surface area (Å²) in [4.78, 5) is 6.71. The minimum Gasteiger partial charge on any atom is -0.497 e. The van der Waals surface area contributed by atoms with E-state index in [1.165, 1.54) is 5.69 Å². The van der Waals surface area contributed by atoms with Crippen LogP contribution in [0.1, 0.15) is 5.89 Å². The highest BCUT2D eigenvalue weighted by atomic mass is 16.5. The molecule has 0 unspecified atom stereocenters. The highest BCUT2D eigenvalue weighted by Crippen LogP contribution is 2.23. The van der Waals surface area contributed by atoms with E-state index in [4.69, 9.17) is 18.7 Å². The standard InChI is InChI=1S/C20H21N3O4/c1-24-17-6-8-18(9-7-17)26-14-19-21-20(22-27-19)15-2-4-16(5-3-15)23-10-12-25-13-11-23/h2-9H,10-14H2,1H3. The third-order valence-electron chi connectivity index (χ3n) is 4.39. The molecule has 27 heavy (non-hydrogen) atoms. The van der Waals surface area contributed by atoms with Gasteiger partial charge in [0.1, 0.15) is 11.5 Å². The van der Waals surface area contributed by atoms with Gasteiger partial charge in [0.05, 0.1) is 20.3 Å². The van der Waals surface area contributed by atoms with Gasteiger partial charge in [0.25, 0.3) is 5.89 Å². The van der Waals surface area contributed by atoms with E-state index >= 15 is 0 Å². The third-order valence-corrected chi connectivity index (χ3v) is 4.39. The van der Waals surface area contributed by atoms with Crippen molar-refractivity contribution in [3.63, 3.8) is 0 Å². The first-order valence-corrected chi connectivity index (χ1v) is 8.84. The Balaban J connectivity index is 1.38. The van der Waals surface area contributed by atoms with E-state index in [1.54, 1.807) is 7.11 Å². The van der Waals surface area contributed by atoms with Crippen molar-refractivity contribution in [3.8, 4) is 22.9 Å². The van der Waals surface area contributed by atoms with Gasteiger partial charge < -0.3 is 23.6 Å². The Morgan fingerprint density at radius 2 is 1.67 bits per heavy atom. The summed E-state index contributed by atoms with van der Waals surface area (Å²) in [6.45, 7) is 3.57. The first kappa shape index (κ1) is 17.4. The van der Waals surface area contributed by atoms with Crippen molar-refractivity contribution in [2.75, 3.05) is 38.3 Å². The molecule has 1 fully saturated rings. The summed E-state index contributed by atoms with van der Waals surface area (Å²) in [5.74, 6) is 2.48. The lowest BCUT2D eigenvalue weighted by Crippen LogP contribution is -2.36. The molecule has 1 aliphatic rings. The van der Waals surface area contributed by atoms with Crippen LogP contribution >= 0.6 is 0 Å². The predicted octanol–water partition coefficient (Wildman–Crippen LogP) is 3.16. The first-order valence-electron chi connectivity index (χ1n) is 8.84. The molecule has 2 aromatic carbocycles. The SMILES string of the molecule is COc1ccc(OCc2nc(-c3ccc(N4CCOCC4)cc3)no2)cc1. The topological polar surface area (TPSA) is 69.9 Å². The molecule has 140 valence electrons. The van der Waals surface area contributed by atoms with Crippen LogP contribution in [0.4, 0.5) is 5.69 Å². The summed E-state index contributed by atoms with van der Waals surface area (Å²) >= 11 is 0. The molecule has 7 nitrogen and oxygen atoms in total. The molecular weight excluding hydrogens is 346 g/mol. The zero-order chi connectivity index (χ0) is 18.5. The van der Waals surface area contributed by atoms with Gasteiger partial charge in [-0.05, 0) is 48.5 Å². The summed E-state index contributed by atoms with van der Waals surface area (Å²) in [6.07, 6.45) is 0. The van der Waals surface area contributed by atoms with E-state index in [-0.39, 0.29) is 6.61 Å². The van der Waals surface area contributed by atoms with Crippen molar-refractivity contribution in [2.45, 2.75) is 6.61 Å². The Morgan fingerprint density at radius 1 is 0.963 bits per heavy atom. The molecule has 0 saturated carbocycles. The number of methoxy groups -OCH3 is 1. The average Bonchev–Trinajstić information content (AvgIpc) is 3.22. The van der Waals surface area contributed by atoms with Gasteiger partial charge in [0.15, 0.2) is 6.61 Å². The molecule has 0 atom stereocenters. The van der Waals surface area contributed by atoms with Gasteiger partial charge in [-0.1, -0.05) is 5.16 Å². The fraction of sp³-hybridized carbons (Fsp3) is 0.300. The number of ether oxygens (including phenoxy) is 3. The Kier molecular flexibility index (Phi) is 5.20. The molecule has 3 aromatic rings. The van der Waals surface area contributed by atoms with Crippen molar-refractivity contribution in [1.82, 2.24) is 10.1 Å². The van der Waals surface area contributed by atoms with Crippen molar-refractivity contribution in [1.29, 1.82) is 0 Å². The zero-order valence-electron chi connectivity index (χ0n) is 15.1. The van der Waals surface area contributed by atoms with Crippen LogP contribution < -0.4 is 14.4 Å². The minimum absolute atomic E-state index is 0.213. The number of hydrogen-bond donors (Lipinski definition) is 0. The molecule has 0 spiro atoms. The van der Waals surface area contributed by atoms with Crippen LogP contribution in [-0.4, -0.2) is 43.6 Å². The first-order chi connectivity index (χ1) is 13.3. The van der Waals surface area contributed by atoms with Gasteiger partial charge in [0.2, 0.25) is 5.82 Å². The molecule has 0 amide bonds. The maximum atomic E-state index is 5.67. The highest BCUT2D eigenvalue weighted by Gasteiger charge is 2.13. The van der Waals surface area contributed by atoms with Gasteiger partial charge in [0, 0.05) is 24.3 Å². The summed E-state index contributed by atoms with van der Waals surface area (Å²) in [6, 6.07) is 15.5. The third kappa shape index (κ3) is 4.20. The highest BCUT2D eigenvalue weighted by molar-refractivity contribution is 5.60. The number of rotatable bonds is 6. The second-order valence-corrected chi connectivity index (χ2v) is 6.12. The van der Waals surface area contributed by atoms with Crippen LogP contribution in [0.2, 0.25) is 0 Å². The number of nitrogens with zero attached hydrogens (tertiary/aromatic N) is 3. The lowest BCUT2D eigenvalue weighted by atomic mass is 10.2. The van der Waals surface area contributed by atoms with Crippen LogP contribution in [0, 0.1) is 0 Å². The van der Waals surface area contributed by atoms with Crippen molar-refractivity contribution in [3.05, 3.63) is 54.4 Å². The van der Waals surface area contributed by atoms with E-state index in [9.17, 15) is 0 Å². The molecule has 4 rings (SSSR count). The van der Waals surface area contributed by atoms with Gasteiger partial charge in [-0.15, -0.1) is 0 Å². The van der Waals surface area contributed by atoms with Crippen LogP contribution in [0.3, 0.4) is 0 Å². The minimum atomic E-state index is 0.213. The van der Waals surface area contributed by atoms with Crippen LogP contribution in [0.5, 0.6) is 11.5 Å². The zero-order valence-corrected chi connectivity index (χ0v) is 15.1. The van der Waals surface area contributed by atoms with Gasteiger partial charge in [-0.25, -0.2) is 0 Å². The molecule has 1 aromatic heterocycles. The molecule has 0 bridgehead atoms. The van der Waals surface area contributed by atoms with Crippen LogP contribution in [0.25, 0.3) is 11.4 Å². The second kappa shape index (κ2) is 8.09. The van der Waals surface area contributed by atoms with Gasteiger partial charge in [-0.3, -0.25) is 0 Å². The fourth-order valence-electron chi connectivity index (χ4n) is 2.89. The Bertz CT molecular complexity index is 856. The number of aromatic nitrogens is 2. The summed E-state index contributed by atoms with van der Waals surface area (Å²) < 4.78 is 21.5. The maximum Gasteiger partial charge on any atom is 0.264 e. The van der Waals surface area contributed by atoms with Crippen molar-refractivity contribution >= 4 is 5.69 Å². The molecule has 1 aliphatic heterocycles. The van der Waals surface area contributed by atoms with E-state index in [1.807, 2.05) is 36.4 Å². The largest absolute Gasteiger partial charge is 0.497 e. The lowest BCUT2D eigenvalue weighted by molar-refractivity contribution is 0.122. The normalized spacial score (nSPS) is 14.2. The quantitative estimate of drug-likeness (QED) is 0.663. The fourth-order valence-corrected chi connectivity index (χ4v) is 2.89. The molecular formula is C20H21N3O4. The summed E-state index contributed by atoms with van der Waals surface area (Å²) in [5, 5.41) is 4.05. The van der Waals surface area contributed by atoms with Crippen molar-refractivity contribution in [2.24, 2.45) is 0 Å². The number of morpholine rings is 1. The second-order valence-electron chi connectivity index (χ2n) is 6.12. The Hall–Kier alpha value is -3.06. The van der Waals surface area contributed by atoms with Gasteiger partial charge >= 0.3 is 0 Å². The van der Waals surface area contributed by atoms with Crippen molar-refractivity contribution < 1.29 is 18.7 Å². The van der Waals surface area contributed by atoms with E-state index < -0.39 is 0 Å². The smallest absolute Gasteiger partial charge is 0.264 e. The number of anilines is 1. The predicted molar refractivity (Wildman–Crippen MR) is 100 cm³/mol. The summed E-state index contributed by atoms with van der Waals surface area (Å²) in [5.41, 5.74) is 2.08. The monoisotopic (exact) mass is 367 g/mol. The van der Waals surface area contributed by atoms with Gasteiger partial charge in [-0.2, -0.15) is 4.98 Å². The number of hydrogen-bond acceptors (Lipinski definition) is 7. The molecule has 1 saturated heterocycles. The molecule has 2 heterocycles. The molecule has 0 aliphatic carbocycles. The molecule has 0 N–H and O–H groups in total. The molecule has 0 radical (unpaired) electrons. The Morgan fingerprint density at radius 3 is 2.37 bits per heavy atom. The van der Waals surface area contributed by atoms with E-state index in [2.05, 4.69) is 27.2 Å². The summed E-state index contributed by atoms with van der Waals surface area (Å²) in [7, 11) is 1.63. The number of benzene rings is 2. The van der Waals surface area contributed by atoms with Crippen LogP contribution in [0.15, 0.2) is 53.1 Å². The van der Waals surface area contributed by atoms with E-state index in [0.29, 0.717) is 17.5 Å². The van der Waals surface area contributed by atoms with Crippen LogP contribution in [-0.2, 0) is 11.3 Å². The van der Waals surface area contributed by atoms with E-state index in [0.717, 1.165) is 37.6 Å². The molecule has 7 heteroatoms. The average molecular weight is 367 g/mol. The lowest BCUT2D eigenvalue weighted by Gasteiger charge is -2.28. The Labute approximate surface area is 157 Å². The maximum absolute atomic E-state index is 5.67.